The molecule has 1 aromatic heterocycles. The molecular formula is C22H34N4O8S3. The van der Waals surface area contributed by atoms with Gasteiger partial charge in [0.05, 0.1) is 40.1 Å². The van der Waals surface area contributed by atoms with Gasteiger partial charge >= 0.3 is 6.09 Å². The molecule has 0 aliphatic heterocycles. The van der Waals surface area contributed by atoms with Crippen LogP contribution in [0.2, 0.25) is 0 Å². The number of aliphatic hydroxyl groups is 1. The van der Waals surface area contributed by atoms with Gasteiger partial charge in [-0.25, -0.2) is 26.6 Å². The molecule has 0 saturated carbocycles. The SMILES string of the molecule is COC(=O)Nc1nc2ccc(S(=O)(=O)N(CC(C)C)CC(O)[C@H](C)NC(=O)C(C)CS(C)(=O)=O)cc2s1. The smallest absolute Gasteiger partial charge is 0.413 e. The number of hydrogen-bond acceptors (Lipinski definition) is 10. The van der Waals surface area contributed by atoms with Gasteiger partial charge in [-0.05, 0) is 31.0 Å². The number of fused-ring (bicyclic) bond motifs is 1. The predicted octanol–water partition coefficient (Wildman–Crippen LogP) is 1.67. The predicted molar refractivity (Wildman–Crippen MR) is 142 cm³/mol. The van der Waals surface area contributed by atoms with Crippen LogP contribution in [0.3, 0.4) is 0 Å². The summed E-state index contributed by atoms with van der Waals surface area (Å²) in [4.78, 5) is 28.0. The summed E-state index contributed by atoms with van der Waals surface area (Å²) in [5.74, 6) is -1.79. The van der Waals surface area contributed by atoms with E-state index >= 15 is 0 Å². The molecule has 3 N–H and O–H groups in total. The lowest BCUT2D eigenvalue weighted by atomic mass is 10.1. The van der Waals surface area contributed by atoms with E-state index in [1.807, 2.05) is 13.8 Å². The molecule has 2 unspecified atom stereocenters. The third-order valence-corrected chi connectivity index (χ3v) is 9.17. The van der Waals surface area contributed by atoms with Gasteiger partial charge in [-0.1, -0.05) is 32.1 Å². The van der Waals surface area contributed by atoms with Crippen LogP contribution >= 0.6 is 11.3 Å². The molecule has 1 heterocycles. The molecule has 2 aromatic rings. The first-order valence-corrected chi connectivity index (χ1v) is 15.8. The maximum atomic E-state index is 13.5. The van der Waals surface area contributed by atoms with Crippen LogP contribution in [0.1, 0.15) is 27.7 Å². The first kappa shape index (κ1) is 30.9. The van der Waals surface area contributed by atoms with Crippen molar-refractivity contribution in [1.29, 1.82) is 0 Å². The molecule has 0 spiro atoms. The van der Waals surface area contributed by atoms with E-state index in [4.69, 9.17) is 0 Å². The van der Waals surface area contributed by atoms with Crippen LogP contribution in [0.4, 0.5) is 9.93 Å². The van der Waals surface area contributed by atoms with Crippen molar-refractivity contribution in [3.8, 4) is 0 Å². The Morgan fingerprint density at radius 1 is 1.14 bits per heavy atom. The number of nitrogens with one attached hydrogen (secondary N) is 2. The van der Waals surface area contributed by atoms with E-state index in [1.54, 1.807) is 0 Å². The number of benzene rings is 1. The standard InChI is InChI=1S/C22H34N4O8S3/c1-13(2)10-26(11-18(27)15(4)23-20(28)14(3)12-36(6,30)31)37(32,33)16-7-8-17-19(9-16)35-21(24-17)25-22(29)34-5/h7-9,13-15,18,27H,10-12H2,1-6H3,(H,23,28)(H,24,25,29)/t14?,15-,18?/m0/s1. The Kier molecular flexibility index (Phi) is 10.4. The Labute approximate surface area is 221 Å². The van der Waals surface area contributed by atoms with E-state index < -0.39 is 49.9 Å². The third-order valence-electron chi connectivity index (χ3n) is 5.30. The molecule has 12 nitrogen and oxygen atoms in total. The number of hydrogen-bond donors (Lipinski definition) is 3. The molecule has 0 bridgehead atoms. The van der Waals surface area contributed by atoms with Gasteiger partial charge in [0.15, 0.2) is 5.13 Å². The second kappa shape index (κ2) is 12.5. The molecule has 2 amide bonds. The number of anilines is 1. The summed E-state index contributed by atoms with van der Waals surface area (Å²) >= 11 is 1.08. The van der Waals surface area contributed by atoms with Crippen molar-refractivity contribution < 1.29 is 36.3 Å². The van der Waals surface area contributed by atoms with E-state index in [2.05, 4.69) is 20.4 Å². The molecule has 15 heteroatoms. The van der Waals surface area contributed by atoms with E-state index in [-0.39, 0.29) is 34.8 Å². The Bertz CT molecular complexity index is 1320. The number of methoxy groups -OCH3 is 1. The number of sulfone groups is 1. The van der Waals surface area contributed by atoms with Crippen LogP contribution in [-0.2, 0) is 29.4 Å². The summed E-state index contributed by atoms with van der Waals surface area (Å²) < 4.78 is 56.3. The van der Waals surface area contributed by atoms with Crippen molar-refractivity contribution in [3.05, 3.63) is 18.2 Å². The molecule has 0 aliphatic carbocycles. The average molecular weight is 579 g/mol. The van der Waals surface area contributed by atoms with Gasteiger partial charge in [0, 0.05) is 25.3 Å². The number of thiazole rings is 1. The van der Waals surface area contributed by atoms with Crippen molar-refractivity contribution in [2.24, 2.45) is 11.8 Å². The molecule has 0 fully saturated rings. The van der Waals surface area contributed by atoms with Crippen LogP contribution in [-0.4, -0.2) is 87.6 Å². The van der Waals surface area contributed by atoms with Gasteiger partial charge in [0.25, 0.3) is 0 Å². The summed E-state index contributed by atoms with van der Waals surface area (Å²) in [5, 5.41) is 16.0. The molecule has 2 rings (SSSR count). The summed E-state index contributed by atoms with van der Waals surface area (Å²) in [5.41, 5.74) is 0.491. The van der Waals surface area contributed by atoms with E-state index in [9.17, 15) is 31.5 Å². The Morgan fingerprint density at radius 2 is 1.78 bits per heavy atom. The number of amides is 2. The minimum absolute atomic E-state index is 0.0143. The zero-order chi connectivity index (χ0) is 28.1. The Hall–Kier alpha value is -2.33. The monoisotopic (exact) mass is 578 g/mol. The Morgan fingerprint density at radius 3 is 2.35 bits per heavy atom. The van der Waals surface area contributed by atoms with Crippen LogP contribution in [0.25, 0.3) is 10.2 Å². The lowest BCUT2D eigenvalue weighted by Gasteiger charge is -2.29. The first-order valence-electron chi connectivity index (χ1n) is 11.4. The molecule has 0 saturated heterocycles. The highest BCUT2D eigenvalue weighted by atomic mass is 32.2. The third kappa shape index (κ3) is 8.88. The van der Waals surface area contributed by atoms with Gasteiger partial charge < -0.3 is 15.2 Å². The summed E-state index contributed by atoms with van der Waals surface area (Å²) in [6.07, 6.45) is -0.925. The fourth-order valence-corrected chi connectivity index (χ4v) is 7.12. The number of aromatic nitrogens is 1. The van der Waals surface area contributed by atoms with Crippen LogP contribution in [0.5, 0.6) is 0 Å². The average Bonchev–Trinajstić information content (AvgIpc) is 3.18. The fraction of sp³-hybridized carbons (Fsp3) is 0.591. The minimum Gasteiger partial charge on any atom is -0.453 e. The van der Waals surface area contributed by atoms with Gasteiger partial charge in [-0.15, -0.1) is 0 Å². The Balaban J connectivity index is 2.24. The van der Waals surface area contributed by atoms with Crippen LogP contribution < -0.4 is 10.6 Å². The molecule has 0 radical (unpaired) electrons. The second-order valence-electron chi connectivity index (χ2n) is 9.34. The van der Waals surface area contributed by atoms with Crippen LogP contribution in [0.15, 0.2) is 23.1 Å². The van der Waals surface area contributed by atoms with E-state index in [1.165, 1.54) is 39.2 Å². The molecule has 0 aliphatic rings. The number of ether oxygens (including phenoxy) is 1. The minimum atomic E-state index is -4.06. The van der Waals surface area contributed by atoms with Gasteiger partial charge in [-0.3, -0.25) is 10.1 Å². The normalized spacial score (nSPS) is 14.9. The highest BCUT2D eigenvalue weighted by Gasteiger charge is 2.31. The number of sulfonamides is 1. The topological polar surface area (TPSA) is 172 Å². The zero-order valence-corrected chi connectivity index (χ0v) is 24.0. The number of carbonyl (C=O) groups excluding carboxylic acids is 2. The molecular weight excluding hydrogens is 544 g/mol. The van der Waals surface area contributed by atoms with Gasteiger partial charge in [0.1, 0.15) is 9.84 Å². The first-order chi connectivity index (χ1) is 17.0. The fourth-order valence-electron chi connectivity index (χ4n) is 3.44. The van der Waals surface area contributed by atoms with Crippen molar-refractivity contribution >= 4 is 58.5 Å². The van der Waals surface area contributed by atoms with E-state index in [0.29, 0.717) is 10.2 Å². The lowest BCUT2D eigenvalue weighted by Crippen LogP contribution is -2.50. The van der Waals surface area contributed by atoms with Crippen molar-refractivity contribution in [3.63, 3.8) is 0 Å². The molecule has 37 heavy (non-hydrogen) atoms. The maximum Gasteiger partial charge on any atom is 0.413 e. The number of nitrogens with zero attached hydrogens (tertiary/aromatic N) is 2. The molecule has 1 aromatic carbocycles. The second-order valence-corrected chi connectivity index (χ2v) is 14.5. The van der Waals surface area contributed by atoms with Gasteiger partial charge in [-0.2, -0.15) is 4.31 Å². The number of rotatable bonds is 12. The molecule has 3 atom stereocenters. The van der Waals surface area contributed by atoms with E-state index in [0.717, 1.165) is 21.9 Å². The van der Waals surface area contributed by atoms with Crippen molar-refractivity contribution in [2.75, 3.05) is 37.5 Å². The quantitative estimate of drug-likeness (QED) is 0.339. The largest absolute Gasteiger partial charge is 0.453 e. The molecule has 208 valence electrons. The van der Waals surface area contributed by atoms with Crippen molar-refractivity contribution in [1.82, 2.24) is 14.6 Å². The maximum absolute atomic E-state index is 13.5. The summed E-state index contributed by atoms with van der Waals surface area (Å²) in [6, 6.07) is 3.53. The highest BCUT2D eigenvalue weighted by molar-refractivity contribution is 7.90. The highest BCUT2D eigenvalue weighted by Crippen LogP contribution is 2.29. The lowest BCUT2D eigenvalue weighted by molar-refractivity contribution is -0.125. The zero-order valence-electron chi connectivity index (χ0n) is 21.6. The summed E-state index contributed by atoms with van der Waals surface area (Å²) in [7, 11) is -6.21. The van der Waals surface area contributed by atoms with Crippen molar-refractivity contribution in [2.45, 2.75) is 44.7 Å². The number of aliphatic hydroxyl groups excluding tert-OH is 1. The van der Waals surface area contributed by atoms with Gasteiger partial charge in [0.2, 0.25) is 15.9 Å². The number of carbonyl (C=O) groups is 2. The summed E-state index contributed by atoms with van der Waals surface area (Å²) in [6.45, 7) is 6.48. The van der Waals surface area contributed by atoms with Crippen LogP contribution in [0, 0.1) is 11.8 Å².